The molecule has 0 radical (unpaired) electrons. The van der Waals surface area contributed by atoms with Crippen LogP contribution < -0.4 is 10.2 Å². The molecule has 0 saturated heterocycles. The summed E-state index contributed by atoms with van der Waals surface area (Å²) in [6, 6.07) is 9.80. The van der Waals surface area contributed by atoms with Crippen molar-refractivity contribution in [3.05, 3.63) is 61.5 Å². The predicted octanol–water partition coefficient (Wildman–Crippen LogP) is 3.10. The SMILES string of the molecule is C=CCN(CC=C)c1nc(C)nc(Nc2ccccc2)n1. The van der Waals surface area contributed by atoms with Gasteiger partial charge in [-0.2, -0.15) is 15.0 Å². The topological polar surface area (TPSA) is 53.9 Å². The molecule has 5 nitrogen and oxygen atoms in total. The highest BCUT2D eigenvalue weighted by Gasteiger charge is 2.10. The van der Waals surface area contributed by atoms with Gasteiger partial charge in [-0.1, -0.05) is 30.4 Å². The average Bonchev–Trinajstić information content (AvgIpc) is 2.47. The maximum atomic E-state index is 4.46. The van der Waals surface area contributed by atoms with Gasteiger partial charge < -0.3 is 10.2 Å². The van der Waals surface area contributed by atoms with Crippen molar-refractivity contribution in [2.75, 3.05) is 23.3 Å². The summed E-state index contributed by atoms with van der Waals surface area (Å²) in [5, 5.41) is 3.18. The highest BCUT2D eigenvalue weighted by molar-refractivity contribution is 5.54. The molecule has 5 heteroatoms. The number of nitrogens with one attached hydrogen (secondary N) is 1. The van der Waals surface area contributed by atoms with Crippen LogP contribution in [0.2, 0.25) is 0 Å². The molecule has 0 saturated carbocycles. The van der Waals surface area contributed by atoms with Gasteiger partial charge in [0.05, 0.1) is 0 Å². The number of nitrogens with zero attached hydrogens (tertiary/aromatic N) is 4. The van der Waals surface area contributed by atoms with Crippen molar-refractivity contribution in [3.63, 3.8) is 0 Å². The van der Waals surface area contributed by atoms with Crippen LogP contribution in [0.4, 0.5) is 17.6 Å². The third-order valence-corrected chi connectivity index (χ3v) is 2.75. The molecule has 0 unspecified atom stereocenters. The fraction of sp³-hybridized carbons (Fsp3) is 0.188. The Morgan fingerprint density at radius 1 is 1.05 bits per heavy atom. The van der Waals surface area contributed by atoms with Gasteiger partial charge in [0, 0.05) is 18.8 Å². The van der Waals surface area contributed by atoms with E-state index in [9.17, 15) is 0 Å². The molecule has 1 aromatic carbocycles. The van der Waals surface area contributed by atoms with Crippen LogP contribution in [-0.4, -0.2) is 28.0 Å². The molecule has 2 rings (SSSR count). The van der Waals surface area contributed by atoms with Gasteiger partial charge in [-0.25, -0.2) is 0 Å². The van der Waals surface area contributed by atoms with Crippen molar-refractivity contribution in [1.29, 1.82) is 0 Å². The molecule has 0 spiro atoms. The van der Waals surface area contributed by atoms with Crippen LogP contribution in [0.3, 0.4) is 0 Å². The number of rotatable bonds is 7. The molecule has 1 N–H and O–H groups in total. The second-order valence-corrected chi connectivity index (χ2v) is 4.48. The summed E-state index contributed by atoms with van der Waals surface area (Å²) in [5.74, 6) is 1.80. The van der Waals surface area contributed by atoms with E-state index in [1.54, 1.807) is 0 Å². The molecular formula is C16H19N5. The van der Waals surface area contributed by atoms with Crippen molar-refractivity contribution in [1.82, 2.24) is 15.0 Å². The molecule has 1 aromatic heterocycles. The Kier molecular flexibility index (Phi) is 5.04. The van der Waals surface area contributed by atoms with E-state index >= 15 is 0 Å². The van der Waals surface area contributed by atoms with Gasteiger partial charge in [0.15, 0.2) is 0 Å². The van der Waals surface area contributed by atoms with Gasteiger partial charge >= 0.3 is 0 Å². The van der Waals surface area contributed by atoms with E-state index in [0.29, 0.717) is 30.8 Å². The van der Waals surface area contributed by atoms with Gasteiger partial charge in [-0.3, -0.25) is 0 Å². The van der Waals surface area contributed by atoms with Gasteiger partial charge in [0.1, 0.15) is 5.82 Å². The number of aryl methyl sites for hydroxylation is 1. The third-order valence-electron chi connectivity index (χ3n) is 2.75. The monoisotopic (exact) mass is 281 g/mol. The summed E-state index contributed by atoms with van der Waals surface area (Å²) in [4.78, 5) is 15.1. The molecule has 108 valence electrons. The Balaban J connectivity index is 2.27. The smallest absolute Gasteiger partial charge is 0.232 e. The third kappa shape index (κ3) is 4.14. The largest absolute Gasteiger partial charge is 0.333 e. The molecule has 0 aliphatic heterocycles. The lowest BCUT2D eigenvalue weighted by atomic mass is 10.3. The number of hydrogen-bond acceptors (Lipinski definition) is 5. The standard InChI is InChI=1S/C16H19N5/c1-4-11-21(12-5-2)16-18-13(3)17-15(20-16)19-14-9-7-6-8-10-14/h4-10H,1-2,11-12H2,3H3,(H,17,18,19,20). The first-order chi connectivity index (χ1) is 10.2. The summed E-state index contributed by atoms with van der Waals surface area (Å²) in [7, 11) is 0. The highest BCUT2D eigenvalue weighted by atomic mass is 15.3. The minimum atomic E-state index is 0.529. The Hall–Kier alpha value is -2.69. The molecule has 21 heavy (non-hydrogen) atoms. The number of benzene rings is 1. The molecule has 0 aliphatic carbocycles. The maximum absolute atomic E-state index is 4.46. The highest BCUT2D eigenvalue weighted by Crippen LogP contribution is 2.15. The molecule has 0 amide bonds. The van der Waals surface area contributed by atoms with Crippen molar-refractivity contribution in [2.24, 2.45) is 0 Å². The van der Waals surface area contributed by atoms with Crippen LogP contribution in [-0.2, 0) is 0 Å². The minimum absolute atomic E-state index is 0.529. The fourth-order valence-corrected chi connectivity index (χ4v) is 1.87. The summed E-state index contributed by atoms with van der Waals surface area (Å²) >= 11 is 0. The van der Waals surface area contributed by atoms with Crippen molar-refractivity contribution >= 4 is 17.6 Å². The van der Waals surface area contributed by atoms with Crippen LogP contribution in [0, 0.1) is 6.92 Å². The maximum Gasteiger partial charge on any atom is 0.232 e. The summed E-state index contributed by atoms with van der Waals surface area (Å²) in [5.41, 5.74) is 0.938. The van der Waals surface area contributed by atoms with E-state index in [2.05, 4.69) is 33.4 Å². The van der Waals surface area contributed by atoms with E-state index in [-0.39, 0.29) is 0 Å². The Morgan fingerprint density at radius 2 is 1.71 bits per heavy atom. The zero-order valence-corrected chi connectivity index (χ0v) is 12.2. The van der Waals surface area contributed by atoms with Crippen LogP contribution in [0.5, 0.6) is 0 Å². The van der Waals surface area contributed by atoms with Gasteiger partial charge in [-0.15, -0.1) is 13.2 Å². The quantitative estimate of drug-likeness (QED) is 0.790. The lowest BCUT2D eigenvalue weighted by Gasteiger charge is -2.19. The average molecular weight is 281 g/mol. The fourth-order valence-electron chi connectivity index (χ4n) is 1.87. The van der Waals surface area contributed by atoms with Gasteiger partial charge in [-0.05, 0) is 19.1 Å². The summed E-state index contributed by atoms with van der Waals surface area (Å²) < 4.78 is 0. The molecule has 1 heterocycles. The van der Waals surface area contributed by atoms with Crippen LogP contribution in [0.25, 0.3) is 0 Å². The van der Waals surface area contributed by atoms with Crippen LogP contribution >= 0.6 is 0 Å². The Labute approximate surface area is 125 Å². The summed E-state index contributed by atoms with van der Waals surface area (Å²) in [6.45, 7) is 10.7. The van der Waals surface area contributed by atoms with E-state index < -0.39 is 0 Å². The van der Waals surface area contributed by atoms with E-state index in [1.807, 2.05) is 54.3 Å². The van der Waals surface area contributed by atoms with E-state index in [4.69, 9.17) is 0 Å². The molecule has 0 bridgehead atoms. The van der Waals surface area contributed by atoms with Gasteiger partial charge in [0.25, 0.3) is 0 Å². The number of anilines is 3. The van der Waals surface area contributed by atoms with E-state index in [1.165, 1.54) is 0 Å². The van der Waals surface area contributed by atoms with E-state index in [0.717, 1.165) is 5.69 Å². The Bertz CT molecular complexity index is 599. The molecule has 0 fully saturated rings. The second kappa shape index (κ2) is 7.19. The van der Waals surface area contributed by atoms with Crippen molar-refractivity contribution in [2.45, 2.75) is 6.92 Å². The zero-order chi connectivity index (χ0) is 15.1. The lowest BCUT2D eigenvalue weighted by molar-refractivity contribution is 0.857. The summed E-state index contributed by atoms with van der Waals surface area (Å²) in [6.07, 6.45) is 3.62. The van der Waals surface area contributed by atoms with Crippen molar-refractivity contribution in [3.8, 4) is 0 Å². The zero-order valence-electron chi connectivity index (χ0n) is 12.2. The van der Waals surface area contributed by atoms with Crippen LogP contribution in [0.15, 0.2) is 55.6 Å². The molecule has 0 atom stereocenters. The van der Waals surface area contributed by atoms with Crippen molar-refractivity contribution < 1.29 is 0 Å². The van der Waals surface area contributed by atoms with Crippen LogP contribution in [0.1, 0.15) is 5.82 Å². The minimum Gasteiger partial charge on any atom is -0.333 e. The van der Waals surface area contributed by atoms with Gasteiger partial charge in [0.2, 0.25) is 11.9 Å². The number of para-hydroxylation sites is 1. The number of hydrogen-bond donors (Lipinski definition) is 1. The Morgan fingerprint density at radius 3 is 2.33 bits per heavy atom. The molecular weight excluding hydrogens is 262 g/mol. The number of aromatic nitrogens is 3. The predicted molar refractivity (Wildman–Crippen MR) is 86.9 cm³/mol. The first-order valence-corrected chi connectivity index (χ1v) is 6.74. The molecule has 2 aromatic rings. The second-order valence-electron chi connectivity index (χ2n) is 4.48. The first-order valence-electron chi connectivity index (χ1n) is 6.74. The first kappa shape index (κ1) is 14.7. The normalized spacial score (nSPS) is 9.95. The molecule has 0 aliphatic rings. The lowest BCUT2D eigenvalue weighted by Crippen LogP contribution is -2.26.